The Morgan fingerprint density at radius 2 is 1.47 bits per heavy atom. The Labute approximate surface area is 185 Å². The van der Waals surface area contributed by atoms with Crippen molar-refractivity contribution in [2.45, 2.75) is 25.9 Å². The normalized spacial score (nSPS) is 11.5. The van der Waals surface area contributed by atoms with Crippen LogP contribution in [0, 0.1) is 24.0 Å². The largest absolute Gasteiger partial charge is 0.269 e. The van der Waals surface area contributed by atoms with Gasteiger partial charge in [-0.2, -0.15) is 5.10 Å². The van der Waals surface area contributed by atoms with Crippen LogP contribution in [0.4, 0.5) is 5.69 Å². The molecule has 0 saturated heterocycles. The molecular weight excluding hydrogens is 406 g/mol. The molecule has 0 saturated carbocycles. The number of non-ortho nitro benzene ring substituents is 1. The molecule has 4 rings (SSSR count). The Hall–Kier alpha value is -3.81. The van der Waals surface area contributed by atoms with Gasteiger partial charge in [-0.1, -0.05) is 60.7 Å². The molecule has 0 spiro atoms. The highest BCUT2D eigenvalue weighted by atomic mass is 17.1. The van der Waals surface area contributed by atoms with Gasteiger partial charge in [0.25, 0.3) is 5.69 Å². The van der Waals surface area contributed by atoms with E-state index in [4.69, 9.17) is 4.89 Å². The number of benzene rings is 3. The molecule has 0 bridgehead atoms. The number of aromatic nitrogens is 2. The highest BCUT2D eigenvalue weighted by molar-refractivity contribution is 5.45. The zero-order chi connectivity index (χ0) is 22.7. The van der Waals surface area contributed by atoms with E-state index in [0.29, 0.717) is 6.42 Å². The first-order chi connectivity index (χ1) is 15.5. The van der Waals surface area contributed by atoms with Crippen LogP contribution in [0.2, 0.25) is 0 Å². The molecule has 32 heavy (non-hydrogen) atoms. The topological polar surface area (TPSA) is 90.4 Å². The van der Waals surface area contributed by atoms with Crippen molar-refractivity contribution in [3.05, 3.63) is 123 Å². The molecule has 0 amide bonds. The molecule has 3 aromatic carbocycles. The molecule has 0 atom stereocenters. The summed E-state index contributed by atoms with van der Waals surface area (Å²) >= 11 is 0. The molecular formula is C25H23N3O4. The van der Waals surface area contributed by atoms with Crippen LogP contribution in [0.1, 0.15) is 28.1 Å². The standard InChI is InChI=1S/C25H23N3O4/c1-18-24(19(2)27(26-18)22-13-15-23(16-14-22)28(29)30)17-25(32-31,20-9-5-3-6-10-20)21-11-7-4-8-12-21/h3-16,31H,17H2,1-2H3. The van der Waals surface area contributed by atoms with E-state index in [-0.39, 0.29) is 5.69 Å². The number of hydrogen-bond acceptors (Lipinski definition) is 5. The summed E-state index contributed by atoms with van der Waals surface area (Å²) in [5, 5.41) is 25.9. The van der Waals surface area contributed by atoms with Crippen molar-refractivity contribution >= 4 is 5.69 Å². The second-order valence-corrected chi connectivity index (χ2v) is 7.66. The van der Waals surface area contributed by atoms with E-state index < -0.39 is 10.5 Å². The fourth-order valence-electron chi connectivity index (χ4n) is 4.07. The van der Waals surface area contributed by atoms with Gasteiger partial charge < -0.3 is 0 Å². The van der Waals surface area contributed by atoms with Crippen molar-refractivity contribution in [1.82, 2.24) is 9.78 Å². The van der Waals surface area contributed by atoms with E-state index in [9.17, 15) is 15.4 Å². The first-order valence-electron chi connectivity index (χ1n) is 10.2. The van der Waals surface area contributed by atoms with Crippen LogP contribution in [-0.4, -0.2) is 20.0 Å². The Balaban J connectivity index is 1.81. The lowest BCUT2D eigenvalue weighted by Gasteiger charge is -2.32. The van der Waals surface area contributed by atoms with Crippen molar-refractivity contribution in [1.29, 1.82) is 0 Å². The molecule has 7 heteroatoms. The fourth-order valence-corrected chi connectivity index (χ4v) is 4.07. The molecule has 0 unspecified atom stereocenters. The van der Waals surface area contributed by atoms with E-state index in [0.717, 1.165) is 33.8 Å². The van der Waals surface area contributed by atoms with E-state index >= 15 is 0 Å². The molecule has 1 aromatic heterocycles. The van der Waals surface area contributed by atoms with Crippen molar-refractivity contribution in [2.75, 3.05) is 0 Å². The van der Waals surface area contributed by atoms with Crippen molar-refractivity contribution in [2.24, 2.45) is 0 Å². The predicted molar refractivity (Wildman–Crippen MR) is 121 cm³/mol. The molecule has 0 radical (unpaired) electrons. The van der Waals surface area contributed by atoms with Crippen LogP contribution in [-0.2, 0) is 16.9 Å². The first-order valence-corrected chi connectivity index (χ1v) is 10.2. The number of aryl methyl sites for hydroxylation is 1. The summed E-state index contributed by atoms with van der Waals surface area (Å²) < 4.78 is 1.76. The van der Waals surface area contributed by atoms with Crippen molar-refractivity contribution in [3.8, 4) is 5.69 Å². The number of rotatable bonds is 7. The minimum Gasteiger partial charge on any atom is -0.258 e. The zero-order valence-electron chi connectivity index (χ0n) is 17.8. The number of nitro benzene ring substituents is 1. The number of nitro groups is 1. The molecule has 0 aliphatic rings. The van der Waals surface area contributed by atoms with Crippen LogP contribution in [0.5, 0.6) is 0 Å². The Morgan fingerprint density at radius 1 is 0.938 bits per heavy atom. The van der Waals surface area contributed by atoms with Gasteiger partial charge in [0.2, 0.25) is 0 Å². The summed E-state index contributed by atoms with van der Waals surface area (Å²) in [7, 11) is 0. The number of nitrogens with zero attached hydrogens (tertiary/aromatic N) is 3. The number of hydrogen-bond donors (Lipinski definition) is 1. The lowest BCUT2D eigenvalue weighted by Crippen LogP contribution is -2.33. The lowest BCUT2D eigenvalue weighted by molar-refractivity contribution is -0.384. The van der Waals surface area contributed by atoms with Gasteiger partial charge >= 0.3 is 0 Å². The minimum absolute atomic E-state index is 0.0244. The van der Waals surface area contributed by atoms with Crippen molar-refractivity contribution in [3.63, 3.8) is 0 Å². The van der Waals surface area contributed by atoms with Crippen molar-refractivity contribution < 1.29 is 15.1 Å². The SMILES string of the molecule is Cc1nn(-c2ccc([N+](=O)[O-])cc2)c(C)c1CC(OO)(c1ccccc1)c1ccccc1. The summed E-state index contributed by atoms with van der Waals surface area (Å²) in [5.41, 5.74) is 3.82. The molecule has 0 aliphatic carbocycles. The van der Waals surface area contributed by atoms with Gasteiger partial charge in [-0.25, -0.2) is 9.57 Å². The molecule has 4 aromatic rings. The third-order valence-electron chi connectivity index (χ3n) is 5.81. The van der Waals surface area contributed by atoms with Gasteiger partial charge in [0.05, 0.1) is 16.3 Å². The van der Waals surface area contributed by atoms with Crippen LogP contribution < -0.4 is 0 Å². The van der Waals surface area contributed by atoms with E-state index in [2.05, 4.69) is 5.10 Å². The van der Waals surface area contributed by atoms with Gasteiger partial charge in [-0.05, 0) is 37.1 Å². The van der Waals surface area contributed by atoms with Gasteiger partial charge in [-0.3, -0.25) is 15.4 Å². The van der Waals surface area contributed by atoms with Gasteiger partial charge in [0.15, 0.2) is 5.60 Å². The van der Waals surface area contributed by atoms with Crippen LogP contribution in [0.15, 0.2) is 84.9 Å². The van der Waals surface area contributed by atoms with Gasteiger partial charge in [-0.15, -0.1) is 0 Å². The summed E-state index contributed by atoms with van der Waals surface area (Å²) in [6.07, 6.45) is 0.349. The minimum atomic E-state index is -1.12. The smallest absolute Gasteiger partial charge is 0.258 e. The quantitative estimate of drug-likeness (QED) is 0.242. The highest BCUT2D eigenvalue weighted by Crippen LogP contribution is 2.38. The van der Waals surface area contributed by atoms with Crippen LogP contribution in [0.3, 0.4) is 0 Å². The molecule has 0 fully saturated rings. The van der Waals surface area contributed by atoms with Crippen LogP contribution >= 0.6 is 0 Å². The first kappa shape index (κ1) is 21.4. The highest BCUT2D eigenvalue weighted by Gasteiger charge is 2.38. The average Bonchev–Trinajstić information content (AvgIpc) is 3.11. The lowest BCUT2D eigenvalue weighted by atomic mass is 9.81. The van der Waals surface area contributed by atoms with E-state index in [1.807, 2.05) is 74.5 Å². The Kier molecular flexibility index (Phi) is 5.85. The maximum absolute atomic E-state index is 11.0. The monoisotopic (exact) mass is 429 g/mol. The molecule has 0 aliphatic heterocycles. The van der Waals surface area contributed by atoms with E-state index in [1.165, 1.54) is 12.1 Å². The fraction of sp³-hybridized carbons (Fsp3) is 0.160. The second kappa shape index (κ2) is 8.74. The maximum Gasteiger partial charge on any atom is 0.269 e. The summed E-state index contributed by atoms with van der Waals surface area (Å²) in [5.74, 6) is 0. The summed E-state index contributed by atoms with van der Waals surface area (Å²) in [6, 6.07) is 25.4. The second-order valence-electron chi connectivity index (χ2n) is 7.66. The molecule has 1 heterocycles. The Bertz CT molecular complexity index is 1180. The van der Waals surface area contributed by atoms with E-state index in [1.54, 1.807) is 16.8 Å². The van der Waals surface area contributed by atoms with Gasteiger partial charge in [0, 0.05) is 29.8 Å². The maximum atomic E-state index is 11.0. The zero-order valence-corrected chi connectivity index (χ0v) is 17.8. The summed E-state index contributed by atoms with van der Waals surface area (Å²) in [4.78, 5) is 15.8. The third-order valence-corrected chi connectivity index (χ3v) is 5.81. The van der Waals surface area contributed by atoms with Crippen LogP contribution in [0.25, 0.3) is 5.69 Å². The predicted octanol–water partition coefficient (Wildman–Crippen LogP) is 5.37. The molecule has 7 nitrogen and oxygen atoms in total. The third kappa shape index (κ3) is 3.79. The Morgan fingerprint density at radius 3 is 1.94 bits per heavy atom. The molecule has 1 N–H and O–H groups in total. The molecule has 162 valence electrons. The van der Waals surface area contributed by atoms with Gasteiger partial charge in [0.1, 0.15) is 0 Å². The average molecular weight is 429 g/mol. The summed E-state index contributed by atoms with van der Waals surface area (Å²) in [6.45, 7) is 3.84.